The van der Waals surface area contributed by atoms with Gasteiger partial charge in [0.2, 0.25) is 0 Å². The Hall–Kier alpha value is -0.410. The third-order valence-corrected chi connectivity index (χ3v) is 2.44. The van der Waals surface area contributed by atoms with Gasteiger partial charge in [-0.05, 0) is 13.3 Å². The Balaban J connectivity index is 2.74. The van der Waals surface area contributed by atoms with Gasteiger partial charge in [-0.2, -0.15) is 0 Å². The van der Waals surface area contributed by atoms with E-state index in [9.17, 15) is 0 Å². The van der Waals surface area contributed by atoms with Crippen LogP contribution in [-0.2, 0) is 0 Å². The standard InChI is InChI=1S/C7H12N2S/c1-3-6(8)7-9-4-5(2)10-7/h4,6H,3,8H2,1-2H3/t6-/m1/s1. The monoisotopic (exact) mass is 156 g/mol. The van der Waals surface area contributed by atoms with Crippen LogP contribution in [0.25, 0.3) is 0 Å². The van der Waals surface area contributed by atoms with Crippen LogP contribution in [0.5, 0.6) is 0 Å². The molecule has 2 nitrogen and oxygen atoms in total. The first-order valence-electron chi connectivity index (χ1n) is 3.42. The molecule has 0 spiro atoms. The Morgan fingerprint density at radius 2 is 2.50 bits per heavy atom. The van der Waals surface area contributed by atoms with Crippen molar-refractivity contribution in [2.24, 2.45) is 5.73 Å². The highest BCUT2D eigenvalue weighted by atomic mass is 32.1. The quantitative estimate of drug-likeness (QED) is 0.709. The molecule has 0 saturated heterocycles. The van der Waals surface area contributed by atoms with Gasteiger partial charge in [0.05, 0.1) is 6.04 Å². The number of nitrogens with two attached hydrogens (primary N) is 1. The molecule has 0 fully saturated rings. The third kappa shape index (κ3) is 1.55. The van der Waals surface area contributed by atoms with Crippen molar-refractivity contribution in [2.45, 2.75) is 26.3 Å². The number of nitrogens with zero attached hydrogens (tertiary/aromatic N) is 1. The molecule has 2 N–H and O–H groups in total. The molecule has 0 aliphatic heterocycles. The lowest BCUT2D eigenvalue weighted by molar-refractivity contribution is 0.692. The summed E-state index contributed by atoms with van der Waals surface area (Å²) in [5.74, 6) is 0. The molecule has 1 atom stereocenters. The first-order valence-corrected chi connectivity index (χ1v) is 4.23. The van der Waals surface area contributed by atoms with Gasteiger partial charge in [0.25, 0.3) is 0 Å². The van der Waals surface area contributed by atoms with Crippen LogP contribution >= 0.6 is 11.3 Å². The fourth-order valence-electron chi connectivity index (χ4n) is 0.718. The molecule has 0 aliphatic carbocycles. The van der Waals surface area contributed by atoms with E-state index in [2.05, 4.69) is 11.9 Å². The Labute approximate surface area is 65.1 Å². The second kappa shape index (κ2) is 3.12. The predicted octanol–water partition coefficient (Wildman–Crippen LogP) is 1.86. The molecule has 0 aromatic carbocycles. The summed E-state index contributed by atoms with van der Waals surface area (Å²) in [5, 5.41) is 1.06. The Morgan fingerprint density at radius 3 is 2.90 bits per heavy atom. The summed E-state index contributed by atoms with van der Waals surface area (Å²) >= 11 is 1.68. The summed E-state index contributed by atoms with van der Waals surface area (Å²) < 4.78 is 0. The van der Waals surface area contributed by atoms with Crippen LogP contribution < -0.4 is 5.73 Å². The van der Waals surface area contributed by atoms with Crippen LogP contribution in [0, 0.1) is 6.92 Å². The maximum absolute atomic E-state index is 5.76. The molecule has 10 heavy (non-hydrogen) atoms. The highest BCUT2D eigenvalue weighted by Crippen LogP contribution is 2.19. The number of hydrogen-bond acceptors (Lipinski definition) is 3. The lowest BCUT2D eigenvalue weighted by Crippen LogP contribution is -2.07. The van der Waals surface area contributed by atoms with E-state index in [1.165, 1.54) is 4.88 Å². The summed E-state index contributed by atoms with van der Waals surface area (Å²) in [6.45, 7) is 4.12. The SMILES string of the molecule is CC[C@@H](N)c1ncc(C)s1. The van der Waals surface area contributed by atoms with Crippen LogP contribution in [-0.4, -0.2) is 4.98 Å². The molecule has 0 aliphatic rings. The van der Waals surface area contributed by atoms with Crippen molar-refractivity contribution in [2.75, 3.05) is 0 Å². The fourth-order valence-corrected chi connectivity index (χ4v) is 1.58. The molecular weight excluding hydrogens is 144 g/mol. The zero-order valence-electron chi connectivity index (χ0n) is 6.29. The molecule has 1 aromatic rings. The average molecular weight is 156 g/mol. The normalized spacial score (nSPS) is 13.5. The van der Waals surface area contributed by atoms with Gasteiger partial charge in [-0.25, -0.2) is 4.98 Å². The minimum absolute atomic E-state index is 0.138. The summed E-state index contributed by atoms with van der Waals surface area (Å²) in [6, 6.07) is 0.138. The number of aromatic nitrogens is 1. The van der Waals surface area contributed by atoms with Crippen molar-refractivity contribution in [3.8, 4) is 0 Å². The topological polar surface area (TPSA) is 38.9 Å². The molecule has 0 saturated carbocycles. The van der Waals surface area contributed by atoms with E-state index in [0.29, 0.717) is 0 Å². The van der Waals surface area contributed by atoms with E-state index in [-0.39, 0.29) is 6.04 Å². The van der Waals surface area contributed by atoms with E-state index in [1.807, 2.05) is 13.1 Å². The Kier molecular flexibility index (Phi) is 2.40. The van der Waals surface area contributed by atoms with Gasteiger partial charge in [-0.15, -0.1) is 11.3 Å². The highest BCUT2D eigenvalue weighted by molar-refractivity contribution is 7.11. The molecule has 0 bridgehead atoms. The summed E-state index contributed by atoms with van der Waals surface area (Å²) in [6.07, 6.45) is 2.84. The third-order valence-electron chi connectivity index (χ3n) is 1.40. The zero-order chi connectivity index (χ0) is 7.56. The fraction of sp³-hybridized carbons (Fsp3) is 0.571. The zero-order valence-corrected chi connectivity index (χ0v) is 7.11. The molecule has 0 unspecified atom stereocenters. The summed E-state index contributed by atoms with van der Waals surface area (Å²) in [5.41, 5.74) is 5.76. The van der Waals surface area contributed by atoms with Gasteiger partial charge in [0.15, 0.2) is 0 Å². The summed E-state index contributed by atoms with van der Waals surface area (Å²) in [7, 11) is 0. The van der Waals surface area contributed by atoms with Crippen molar-refractivity contribution in [3.63, 3.8) is 0 Å². The minimum atomic E-state index is 0.138. The molecule has 0 radical (unpaired) electrons. The van der Waals surface area contributed by atoms with Crippen LogP contribution in [0.15, 0.2) is 6.20 Å². The van der Waals surface area contributed by atoms with Crippen molar-refractivity contribution in [1.82, 2.24) is 4.98 Å². The van der Waals surface area contributed by atoms with Crippen molar-refractivity contribution in [1.29, 1.82) is 0 Å². The Morgan fingerprint density at radius 1 is 1.80 bits per heavy atom. The largest absolute Gasteiger partial charge is 0.322 e. The first kappa shape index (κ1) is 7.69. The smallest absolute Gasteiger partial charge is 0.110 e. The van der Waals surface area contributed by atoms with E-state index < -0.39 is 0 Å². The van der Waals surface area contributed by atoms with Gasteiger partial charge in [0, 0.05) is 11.1 Å². The molecule has 1 rings (SSSR count). The predicted molar refractivity (Wildman–Crippen MR) is 44.1 cm³/mol. The summed E-state index contributed by atoms with van der Waals surface area (Å²) in [4.78, 5) is 5.42. The lowest BCUT2D eigenvalue weighted by atomic mass is 10.3. The molecule has 1 heterocycles. The van der Waals surface area contributed by atoms with Crippen LogP contribution in [0.3, 0.4) is 0 Å². The average Bonchev–Trinajstić information content (AvgIpc) is 2.34. The molecule has 0 amide bonds. The van der Waals surface area contributed by atoms with E-state index in [0.717, 1.165) is 11.4 Å². The van der Waals surface area contributed by atoms with E-state index >= 15 is 0 Å². The van der Waals surface area contributed by atoms with Crippen LogP contribution in [0.1, 0.15) is 29.3 Å². The highest BCUT2D eigenvalue weighted by Gasteiger charge is 2.05. The van der Waals surface area contributed by atoms with Crippen LogP contribution in [0.2, 0.25) is 0 Å². The van der Waals surface area contributed by atoms with Gasteiger partial charge < -0.3 is 5.73 Å². The molecule has 1 aromatic heterocycles. The first-order chi connectivity index (χ1) is 4.74. The minimum Gasteiger partial charge on any atom is -0.322 e. The number of aryl methyl sites for hydroxylation is 1. The van der Waals surface area contributed by atoms with Gasteiger partial charge >= 0.3 is 0 Å². The molecule has 3 heteroatoms. The maximum Gasteiger partial charge on any atom is 0.110 e. The van der Waals surface area contributed by atoms with E-state index in [1.54, 1.807) is 11.3 Å². The van der Waals surface area contributed by atoms with E-state index in [4.69, 9.17) is 5.73 Å². The number of thiazole rings is 1. The maximum atomic E-state index is 5.76. The van der Waals surface area contributed by atoms with Gasteiger partial charge in [-0.3, -0.25) is 0 Å². The van der Waals surface area contributed by atoms with Crippen molar-refractivity contribution in [3.05, 3.63) is 16.1 Å². The van der Waals surface area contributed by atoms with Crippen molar-refractivity contribution < 1.29 is 0 Å². The second-order valence-electron chi connectivity index (χ2n) is 2.32. The number of hydrogen-bond donors (Lipinski definition) is 1. The van der Waals surface area contributed by atoms with Gasteiger partial charge in [0.1, 0.15) is 5.01 Å². The Bertz CT molecular complexity index is 207. The lowest BCUT2D eigenvalue weighted by Gasteiger charge is -2.01. The van der Waals surface area contributed by atoms with Crippen LogP contribution in [0.4, 0.5) is 0 Å². The second-order valence-corrected chi connectivity index (χ2v) is 3.59. The molecular formula is C7H12N2S. The van der Waals surface area contributed by atoms with Gasteiger partial charge in [-0.1, -0.05) is 6.92 Å². The number of rotatable bonds is 2. The van der Waals surface area contributed by atoms with Crippen molar-refractivity contribution >= 4 is 11.3 Å². The molecule has 56 valence electrons.